The molecule has 0 amide bonds. The summed E-state index contributed by atoms with van der Waals surface area (Å²) in [7, 11) is 0. The van der Waals surface area contributed by atoms with Gasteiger partial charge in [-0.25, -0.2) is 9.97 Å². The van der Waals surface area contributed by atoms with Gasteiger partial charge < -0.3 is 15.0 Å². The maximum atomic E-state index is 5.42. The minimum atomic E-state index is 0.499. The first-order valence-electron chi connectivity index (χ1n) is 11.0. The third-order valence-corrected chi connectivity index (χ3v) is 6.12. The predicted octanol–water partition coefficient (Wildman–Crippen LogP) is 2.80. The van der Waals surface area contributed by atoms with Crippen molar-refractivity contribution in [2.75, 3.05) is 57.4 Å². The van der Waals surface area contributed by atoms with Gasteiger partial charge in [0.05, 0.1) is 18.9 Å². The van der Waals surface area contributed by atoms with Crippen molar-refractivity contribution in [3.8, 4) is 11.3 Å². The molecule has 3 heterocycles. The van der Waals surface area contributed by atoms with Crippen molar-refractivity contribution in [3.05, 3.63) is 54.7 Å². The Morgan fingerprint density at radius 2 is 1.87 bits per heavy atom. The normalized spacial score (nSPS) is 20.1. The molecule has 0 radical (unpaired) electrons. The fraction of sp³-hybridized carbons (Fsp3) is 0.417. The monoisotopic (exact) mass is 403 g/mol. The molecule has 1 unspecified atom stereocenters. The predicted molar refractivity (Wildman–Crippen MR) is 121 cm³/mol. The van der Waals surface area contributed by atoms with Crippen LogP contribution in [0.4, 0.5) is 5.95 Å². The zero-order chi connectivity index (χ0) is 20.2. The maximum absolute atomic E-state index is 5.42. The van der Waals surface area contributed by atoms with Crippen LogP contribution in [0.2, 0.25) is 0 Å². The fourth-order valence-corrected chi connectivity index (χ4v) is 4.37. The van der Waals surface area contributed by atoms with Crippen LogP contribution in [0.1, 0.15) is 6.42 Å². The first-order valence-corrected chi connectivity index (χ1v) is 11.0. The lowest BCUT2D eigenvalue weighted by Gasteiger charge is -2.27. The summed E-state index contributed by atoms with van der Waals surface area (Å²) in [6.07, 6.45) is 3.01. The van der Waals surface area contributed by atoms with E-state index in [0.29, 0.717) is 6.04 Å². The average Bonchev–Trinajstić information content (AvgIpc) is 3.29. The molecule has 6 heteroatoms. The van der Waals surface area contributed by atoms with Crippen LogP contribution in [0.15, 0.2) is 54.7 Å². The number of nitrogens with one attached hydrogen (secondary N) is 1. The highest BCUT2D eigenvalue weighted by molar-refractivity contribution is 5.86. The second-order valence-corrected chi connectivity index (χ2v) is 8.14. The van der Waals surface area contributed by atoms with Crippen molar-refractivity contribution >= 4 is 16.7 Å². The van der Waals surface area contributed by atoms with Gasteiger partial charge in [-0.1, -0.05) is 36.4 Å². The van der Waals surface area contributed by atoms with Gasteiger partial charge in [0, 0.05) is 57.1 Å². The van der Waals surface area contributed by atoms with Gasteiger partial charge in [0.1, 0.15) is 0 Å². The first kappa shape index (κ1) is 19.4. The van der Waals surface area contributed by atoms with E-state index in [0.717, 1.165) is 76.1 Å². The topological polar surface area (TPSA) is 53.5 Å². The van der Waals surface area contributed by atoms with Crippen LogP contribution in [0.5, 0.6) is 0 Å². The summed E-state index contributed by atoms with van der Waals surface area (Å²) in [4.78, 5) is 14.2. The Hall–Kier alpha value is -2.54. The summed E-state index contributed by atoms with van der Waals surface area (Å²) in [5.41, 5.74) is 2.12. The van der Waals surface area contributed by atoms with Gasteiger partial charge in [0.15, 0.2) is 0 Å². The van der Waals surface area contributed by atoms with Gasteiger partial charge in [-0.2, -0.15) is 0 Å². The van der Waals surface area contributed by atoms with Crippen LogP contribution in [-0.4, -0.2) is 73.4 Å². The Labute approximate surface area is 177 Å². The van der Waals surface area contributed by atoms with E-state index in [2.05, 4.69) is 62.6 Å². The summed E-state index contributed by atoms with van der Waals surface area (Å²) in [6.45, 7) is 7.90. The maximum Gasteiger partial charge on any atom is 0.225 e. The molecule has 2 aliphatic heterocycles. The molecule has 156 valence electrons. The zero-order valence-electron chi connectivity index (χ0n) is 17.3. The van der Waals surface area contributed by atoms with Gasteiger partial charge in [0.2, 0.25) is 5.95 Å². The van der Waals surface area contributed by atoms with E-state index < -0.39 is 0 Å². The zero-order valence-corrected chi connectivity index (χ0v) is 17.3. The number of fused-ring (bicyclic) bond motifs is 1. The minimum absolute atomic E-state index is 0.499. The highest BCUT2D eigenvalue weighted by Gasteiger charge is 2.24. The number of rotatable bonds is 6. The molecule has 3 aromatic rings. The van der Waals surface area contributed by atoms with Crippen LogP contribution in [0, 0.1) is 0 Å². The molecule has 1 aromatic heterocycles. The Morgan fingerprint density at radius 1 is 1.00 bits per heavy atom. The van der Waals surface area contributed by atoms with E-state index in [1.165, 1.54) is 10.8 Å². The van der Waals surface area contributed by atoms with Crippen LogP contribution in [-0.2, 0) is 4.74 Å². The van der Waals surface area contributed by atoms with Gasteiger partial charge in [0.25, 0.3) is 0 Å². The average molecular weight is 404 g/mol. The van der Waals surface area contributed by atoms with Gasteiger partial charge in [-0.3, -0.25) is 4.90 Å². The lowest BCUT2D eigenvalue weighted by Crippen LogP contribution is -2.43. The third-order valence-electron chi connectivity index (χ3n) is 6.12. The van der Waals surface area contributed by atoms with Crippen molar-refractivity contribution in [1.29, 1.82) is 0 Å². The Balaban J connectivity index is 1.21. The molecule has 0 bridgehead atoms. The number of nitrogens with zero attached hydrogens (tertiary/aromatic N) is 4. The molecule has 2 aromatic carbocycles. The summed E-state index contributed by atoms with van der Waals surface area (Å²) in [5, 5.41) is 6.20. The van der Waals surface area contributed by atoms with E-state index in [9.17, 15) is 0 Å². The van der Waals surface area contributed by atoms with Crippen LogP contribution >= 0.6 is 0 Å². The first-order chi connectivity index (χ1) is 14.8. The smallest absolute Gasteiger partial charge is 0.225 e. The Kier molecular flexibility index (Phi) is 5.88. The van der Waals surface area contributed by atoms with E-state index in [-0.39, 0.29) is 0 Å². The molecular formula is C24H29N5O. The van der Waals surface area contributed by atoms with Crippen molar-refractivity contribution in [1.82, 2.24) is 20.2 Å². The number of morpholine rings is 1. The molecule has 0 saturated carbocycles. The number of anilines is 1. The molecule has 30 heavy (non-hydrogen) atoms. The van der Waals surface area contributed by atoms with Gasteiger partial charge >= 0.3 is 0 Å². The Morgan fingerprint density at radius 3 is 2.77 bits per heavy atom. The van der Waals surface area contributed by atoms with E-state index in [1.54, 1.807) is 0 Å². The summed E-state index contributed by atoms with van der Waals surface area (Å²) >= 11 is 0. The molecule has 1 atom stereocenters. The Bertz CT molecular complexity index is 988. The summed E-state index contributed by atoms with van der Waals surface area (Å²) < 4.78 is 5.42. The quantitative estimate of drug-likeness (QED) is 0.683. The largest absolute Gasteiger partial charge is 0.379 e. The highest BCUT2D eigenvalue weighted by atomic mass is 16.5. The molecule has 0 spiro atoms. The lowest BCUT2D eigenvalue weighted by molar-refractivity contribution is 0.0382. The van der Waals surface area contributed by atoms with E-state index in [4.69, 9.17) is 9.72 Å². The van der Waals surface area contributed by atoms with Crippen LogP contribution in [0.3, 0.4) is 0 Å². The number of ether oxygens (including phenoxy) is 1. The fourth-order valence-electron chi connectivity index (χ4n) is 4.37. The number of hydrogen-bond acceptors (Lipinski definition) is 6. The highest BCUT2D eigenvalue weighted by Crippen LogP contribution is 2.25. The van der Waals surface area contributed by atoms with Crippen molar-refractivity contribution in [3.63, 3.8) is 0 Å². The van der Waals surface area contributed by atoms with E-state index in [1.807, 2.05) is 12.3 Å². The van der Waals surface area contributed by atoms with Crippen molar-refractivity contribution in [2.45, 2.75) is 12.5 Å². The third kappa shape index (κ3) is 4.46. The van der Waals surface area contributed by atoms with Gasteiger partial charge in [-0.05, 0) is 29.3 Å². The molecule has 6 nitrogen and oxygen atoms in total. The number of hydrogen-bond donors (Lipinski definition) is 1. The second-order valence-electron chi connectivity index (χ2n) is 8.14. The van der Waals surface area contributed by atoms with Crippen molar-refractivity contribution < 1.29 is 4.74 Å². The molecule has 5 rings (SSSR count). The number of benzene rings is 2. The summed E-state index contributed by atoms with van der Waals surface area (Å²) in [5.74, 6) is 0.832. The molecule has 0 aliphatic carbocycles. The standard InChI is InChI=1S/C24H29N5O/c1-2-4-20-17-21(6-5-19(20)3-1)23-7-9-26-24(27-23)29-11-8-22(18-29)25-10-12-28-13-15-30-16-14-28/h1-7,9,17,22,25H,8,10-16,18H2. The number of aromatic nitrogens is 2. The molecule has 2 saturated heterocycles. The van der Waals surface area contributed by atoms with Gasteiger partial charge in [-0.15, -0.1) is 0 Å². The van der Waals surface area contributed by atoms with Crippen LogP contribution < -0.4 is 10.2 Å². The molecule has 1 N–H and O–H groups in total. The second kappa shape index (κ2) is 9.08. The molecule has 2 aliphatic rings. The summed E-state index contributed by atoms with van der Waals surface area (Å²) in [6, 6.07) is 17.5. The SMILES string of the molecule is c1ccc2cc(-c3ccnc(N4CCC(NCCN5CCOCC5)C4)n3)ccc2c1. The van der Waals surface area contributed by atoms with Crippen molar-refractivity contribution in [2.24, 2.45) is 0 Å². The molecular weight excluding hydrogens is 374 g/mol. The lowest BCUT2D eigenvalue weighted by atomic mass is 10.1. The minimum Gasteiger partial charge on any atom is -0.379 e. The van der Waals surface area contributed by atoms with Crippen LogP contribution in [0.25, 0.3) is 22.0 Å². The molecule has 2 fully saturated rings. The van der Waals surface area contributed by atoms with E-state index >= 15 is 0 Å².